The Morgan fingerprint density at radius 1 is 0.968 bits per heavy atom. The minimum atomic E-state index is -0.704. The van der Waals surface area contributed by atoms with E-state index in [1.165, 1.54) is 0 Å². The van der Waals surface area contributed by atoms with Crippen LogP contribution in [-0.2, 0) is 4.79 Å². The molecule has 1 amide bonds. The molecule has 0 spiro atoms. The average molecular weight is 432 g/mol. The molecule has 156 valence electrons. The van der Waals surface area contributed by atoms with Gasteiger partial charge in [0.05, 0.1) is 0 Å². The number of amides is 1. The van der Waals surface area contributed by atoms with Crippen molar-refractivity contribution >= 4 is 33.9 Å². The molecule has 0 saturated carbocycles. The van der Waals surface area contributed by atoms with Crippen molar-refractivity contribution in [3.63, 3.8) is 0 Å². The number of aryl methyl sites for hydroxylation is 1. The molecule has 2 aromatic heterocycles. The van der Waals surface area contributed by atoms with Crippen LogP contribution in [0.4, 0.5) is 0 Å². The molecule has 2 heterocycles. The van der Waals surface area contributed by atoms with Gasteiger partial charge in [0.15, 0.2) is 27.4 Å². The number of thioether (sulfide) groups is 1. The highest BCUT2D eigenvalue weighted by Gasteiger charge is 2.24. The third kappa shape index (κ3) is 4.06. The van der Waals surface area contributed by atoms with Crippen LogP contribution in [0.15, 0.2) is 59.8 Å². The maximum Gasteiger partial charge on any atom is 0.269 e. The van der Waals surface area contributed by atoms with E-state index in [1.54, 1.807) is 4.57 Å². The predicted molar refractivity (Wildman–Crippen MR) is 121 cm³/mol. The standard InChI is InChI=1S/C23H21N5O2S/c1-13(2)22(30)31-23-26-18-17(19(24)29)25-20(15-11-9-14(3)10-12-15)27-21(18)28(23)16-7-5-4-6-8-16/h4-13H,1-3H3,(H2,24,29). The summed E-state index contributed by atoms with van der Waals surface area (Å²) in [7, 11) is 0. The van der Waals surface area contributed by atoms with Gasteiger partial charge in [-0.2, -0.15) is 0 Å². The monoisotopic (exact) mass is 431 g/mol. The number of hydrogen-bond acceptors (Lipinski definition) is 6. The van der Waals surface area contributed by atoms with Gasteiger partial charge in [0, 0.05) is 17.2 Å². The van der Waals surface area contributed by atoms with Gasteiger partial charge in [-0.25, -0.2) is 15.0 Å². The number of hydrogen-bond donors (Lipinski definition) is 1. The third-order valence-corrected chi connectivity index (χ3v) is 5.83. The number of aromatic nitrogens is 4. The number of fused-ring (bicyclic) bond motifs is 1. The number of nitrogens with two attached hydrogens (primary N) is 1. The van der Waals surface area contributed by atoms with E-state index in [0.29, 0.717) is 16.6 Å². The molecule has 0 radical (unpaired) electrons. The number of benzene rings is 2. The normalized spacial score (nSPS) is 11.2. The summed E-state index contributed by atoms with van der Waals surface area (Å²) in [6.07, 6.45) is 0. The number of primary amides is 1. The van der Waals surface area contributed by atoms with Crippen LogP contribution >= 0.6 is 11.8 Å². The van der Waals surface area contributed by atoms with Crippen molar-refractivity contribution in [2.24, 2.45) is 11.7 Å². The van der Waals surface area contributed by atoms with Crippen LogP contribution in [0.2, 0.25) is 0 Å². The summed E-state index contributed by atoms with van der Waals surface area (Å²) >= 11 is 1.02. The number of nitrogens with zero attached hydrogens (tertiary/aromatic N) is 4. The topological polar surface area (TPSA) is 104 Å². The van der Waals surface area contributed by atoms with Crippen LogP contribution < -0.4 is 5.73 Å². The second-order valence-corrected chi connectivity index (χ2v) is 8.41. The largest absolute Gasteiger partial charge is 0.364 e. The molecule has 0 unspecified atom stereocenters. The van der Waals surface area contributed by atoms with E-state index in [0.717, 1.165) is 28.6 Å². The van der Waals surface area contributed by atoms with Gasteiger partial charge < -0.3 is 5.73 Å². The quantitative estimate of drug-likeness (QED) is 0.476. The average Bonchev–Trinajstić information content (AvgIpc) is 3.11. The van der Waals surface area contributed by atoms with Crippen LogP contribution in [0.5, 0.6) is 0 Å². The molecule has 4 aromatic rings. The summed E-state index contributed by atoms with van der Waals surface area (Å²) < 4.78 is 1.77. The molecule has 31 heavy (non-hydrogen) atoms. The van der Waals surface area contributed by atoms with Gasteiger partial charge in [-0.15, -0.1) is 0 Å². The number of carbonyl (C=O) groups excluding carboxylic acids is 2. The first-order valence-electron chi connectivity index (χ1n) is 9.79. The molecule has 8 heteroatoms. The van der Waals surface area contributed by atoms with Crippen molar-refractivity contribution in [3.05, 3.63) is 65.9 Å². The fourth-order valence-electron chi connectivity index (χ4n) is 3.03. The summed E-state index contributed by atoms with van der Waals surface area (Å²) in [5.41, 5.74) is 8.98. The fraction of sp³-hybridized carbons (Fsp3) is 0.174. The number of para-hydroxylation sites is 1. The minimum Gasteiger partial charge on any atom is -0.364 e. The zero-order chi connectivity index (χ0) is 22.1. The van der Waals surface area contributed by atoms with Crippen molar-refractivity contribution < 1.29 is 9.59 Å². The summed E-state index contributed by atoms with van der Waals surface area (Å²) in [6.45, 7) is 5.65. The second kappa shape index (κ2) is 8.31. The Morgan fingerprint density at radius 3 is 2.26 bits per heavy atom. The van der Waals surface area contributed by atoms with Crippen LogP contribution in [-0.4, -0.2) is 30.5 Å². The van der Waals surface area contributed by atoms with Crippen molar-refractivity contribution in [1.29, 1.82) is 0 Å². The first-order valence-corrected chi connectivity index (χ1v) is 10.6. The first kappa shape index (κ1) is 20.7. The van der Waals surface area contributed by atoms with Crippen LogP contribution in [0, 0.1) is 12.8 Å². The van der Waals surface area contributed by atoms with Crippen molar-refractivity contribution in [2.75, 3.05) is 0 Å². The van der Waals surface area contributed by atoms with Gasteiger partial charge in [0.1, 0.15) is 5.52 Å². The summed E-state index contributed by atoms with van der Waals surface area (Å²) in [5.74, 6) is -0.519. The molecular weight excluding hydrogens is 410 g/mol. The summed E-state index contributed by atoms with van der Waals surface area (Å²) in [4.78, 5) is 38.4. The first-order chi connectivity index (χ1) is 14.8. The molecule has 0 aliphatic heterocycles. The lowest BCUT2D eigenvalue weighted by Gasteiger charge is -2.09. The van der Waals surface area contributed by atoms with Gasteiger partial charge in [-0.1, -0.05) is 61.9 Å². The summed E-state index contributed by atoms with van der Waals surface area (Å²) in [6, 6.07) is 17.1. The van der Waals surface area contributed by atoms with Crippen molar-refractivity contribution in [1.82, 2.24) is 19.5 Å². The van der Waals surface area contributed by atoms with E-state index < -0.39 is 5.91 Å². The van der Waals surface area contributed by atoms with Gasteiger partial charge in [-0.3, -0.25) is 14.2 Å². The Morgan fingerprint density at radius 2 is 1.65 bits per heavy atom. The fourth-order valence-corrected chi connectivity index (χ4v) is 3.86. The van der Waals surface area contributed by atoms with Gasteiger partial charge in [0.25, 0.3) is 5.91 Å². The Hall–Kier alpha value is -3.52. The molecule has 0 aliphatic rings. The molecular formula is C23H21N5O2S. The van der Waals surface area contributed by atoms with Gasteiger partial charge >= 0.3 is 0 Å². The molecule has 0 bridgehead atoms. The van der Waals surface area contributed by atoms with Crippen LogP contribution in [0.1, 0.15) is 29.9 Å². The van der Waals surface area contributed by atoms with Crippen LogP contribution in [0.3, 0.4) is 0 Å². The Kier molecular flexibility index (Phi) is 5.56. The lowest BCUT2D eigenvalue weighted by molar-refractivity contribution is -0.113. The smallest absolute Gasteiger partial charge is 0.269 e. The molecule has 0 fully saturated rings. The van der Waals surface area contributed by atoms with Crippen molar-refractivity contribution in [2.45, 2.75) is 25.9 Å². The third-order valence-electron chi connectivity index (χ3n) is 4.70. The SMILES string of the molecule is Cc1ccc(-c2nc(C(N)=O)c3nc(SC(=O)C(C)C)n(-c4ccccc4)c3n2)cc1. The molecule has 0 saturated heterocycles. The van der Waals surface area contributed by atoms with Gasteiger partial charge in [-0.05, 0) is 30.8 Å². The molecule has 2 N–H and O–H groups in total. The van der Waals surface area contributed by atoms with Crippen LogP contribution in [0.25, 0.3) is 28.2 Å². The zero-order valence-electron chi connectivity index (χ0n) is 17.4. The summed E-state index contributed by atoms with van der Waals surface area (Å²) in [5, 5.41) is 0.373. The predicted octanol–water partition coefficient (Wildman–Crippen LogP) is 4.16. The van der Waals surface area contributed by atoms with E-state index in [1.807, 2.05) is 75.4 Å². The molecule has 7 nitrogen and oxygen atoms in total. The number of rotatable bonds is 5. The Balaban J connectivity index is 2.02. The van der Waals surface area contributed by atoms with Crippen molar-refractivity contribution in [3.8, 4) is 17.1 Å². The Labute approximate surface area is 183 Å². The van der Waals surface area contributed by atoms with E-state index in [2.05, 4.69) is 9.97 Å². The van der Waals surface area contributed by atoms with E-state index in [4.69, 9.17) is 10.7 Å². The second-order valence-electron chi connectivity index (χ2n) is 7.44. The van der Waals surface area contributed by atoms with E-state index in [9.17, 15) is 9.59 Å². The van der Waals surface area contributed by atoms with Gasteiger partial charge in [0.2, 0.25) is 0 Å². The highest BCUT2D eigenvalue weighted by molar-refractivity contribution is 8.13. The number of imidazole rings is 1. The lowest BCUT2D eigenvalue weighted by Crippen LogP contribution is -2.15. The lowest BCUT2D eigenvalue weighted by atomic mass is 10.1. The van der Waals surface area contributed by atoms with E-state index >= 15 is 0 Å². The molecule has 2 aromatic carbocycles. The zero-order valence-corrected chi connectivity index (χ0v) is 18.2. The molecule has 0 aliphatic carbocycles. The maximum absolute atomic E-state index is 12.5. The highest BCUT2D eigenvalue weighted by Crippen LogP contribution is 2.31. The van der Waals surface area contributed by atoms with E-state index in [-0.39, 0.29) is 22.2 Å². The molecule has 4 rings (SSSR count). The highest BCUT2D eigenvalue weighted by atomic mass is 32.2. The molecule has 0 atom stereocenters. The Bertz CT molecular complexity index is 1280. The number of carbonyl (C=O) groups is 2. The minimum absolute atomic E-state index is 0.0223. The maximum atomic E-state index is 12.5.